The number of nitrogens with one attached hydrogen (secondary N) is 1. The minimum atomic E-state index is -0.519. The molecule has 26 heavy (non-hydrogen) atoms. The van der Waals surface area contributed by atoms with Crippen LogP contribution in [-0.2, 0) is 4.74 Å². The summed E-state index contributed by atoms with van der Waals surface area (Å²) < 4.78 is 15.4. The van der Waals surface area contributed by atoms with E-state index in [2.05, 4.69) is 10.1 Å². The molecule has 0 aliphatic rings. The van der Waals surface area contributed by atoms with Gasteiger partial charge in [0.25, 0.3) is 0 Å². The molecular formula is C20H20N2O4. The van der Waals surface area contributed by atoms with Crippen LogP contribution in [0.15, 0.2) is 42.5 Å². The van der Waals surface area contributed by atoms with Gasteiger partial charge in [-0.2, -0.15) is 0 Å². The van der Waals surface area contributed by atoms with Crippen molar-refractivity contribution in [1.82, 2.24) is 4.98 Å². The van der Waals surface area contributed by atoms with Gasteiger partial charge in [-0.1, -0.05) is 6.07 Å². The molecule has 1 N–H and O–H groups in total. The van der Waals surface area contributed by atoms with E-state index in [0.29, 0.717) is 17.2 Å². The zero-order chi connectivity index (χ0) is 18.7. The Balaban J connectivity index is 2.11. The SMILES string of the molecule is COC(=O)Nc1ccc2c(C)cc(-c3ccc(OC)cc3OC)nc2c1. The highest BCUT2D eigenvalue weighted by Crippen LogP contribution is 2.34. The van der Waals surface area contributed by atoms with Crippen molar-refractivity contribution in [3.8, 4) is 22.8 Å². The van der Waals surface area contributed by atoms with Crippen LogP contribution >= 0.6 is 0 Å². The fraction of sp³-hybridized carbons (Fsp3) is 0.200. The molecule has 0 saturated carbocycles. The number of rotatable bonds is 4. The van der Waals surface area contributed by atoms with Crippen LogP contribution < -0.4 is 14.8 Å². The van der Waals surface area contributed by atoms with Crippen molar-refractivity contribution in [2.45, 2.75) is 6.92 Å². The van der Waals surface area contributed by atoms with E-state index in [1.54, 1.807) is 14.2 Å². The number of methoxy groups -OCH3 is 3. The third-order valence-corrected chi connectivity index (χ3v) is 4.13. The quantitative estimate of drug-likeness (QED) is 0.753. The van der Waals surface area contributed by atoms with E-state index in [1.807, 2.05) is 49.4 Å². The van der Waals surface area contributed by atoms with Crippen molar-refractivity contribution in [3.63, 3.8) is 0 Å². The first-order valence-corrected chi connectivity index (χ1v) is 8.04. The number of ether oxygens (including phenoxy) is 3. The molecule has 0 aliphatic heterocycles. The molecule has 3 rings (SSSR count). The van der Waals surface area contributed by atoms with Crippen LogP contribution in [0.1, 0.15) is 5.56 Å². The Morgan fingerprint density at radius 3 is 2.50 bits per heavy atom. The van der Waals surface area contributed by atoms with E-state index in [9.17, 15) is 4.79 Å². The van der Waals surface area contributed by atoms with Gasteiger partial charge < -0.3 is 14.2 Å². The van der Waals surface area contributed by atoms with E-state index < -0.39 is 6.09 Å². The molecule has 6 nitrogen and oxygen atoms in total. The Morgan fingerprint density at radius 2 is 1.81 bits per heavy atom. The fourth-order valence-corrected chi connectivity index (χ4v) is 2.80. The largest absolute Gasteiger partial charge is 0.497 e. The maximum Gasteiger partial charge on any atom is 0.411 e. The number of carbonyl (C=O) groups excluding carboxylic acids is 1. The van der Waals surface area contributed by atoms with E-state index in [4.69, 9.17) is 14.5 Å². The van der Waals surface area contributed by atoms with Gasteiger partial charge in [-0.05, 0) is 42.8 Å². The molecule has 6 heteroatoms. The van der Waals surface area contributed by atoms with Gasteiger partial charge in [0.05, 0.1) is 32.5 Å². The summed E-state index contributed by atoms with van der Waals surface area (Å²) in [6.45, 7) is 2.02. The number of amides is 1. The Labute approximate surface area is 151 Å². The van der Waals surface area contributed by atoms with E-state index in [1.165, 1.54) is 7.11 Å². The van der Waals surface area contributed by atoms with Crippen molar-refractivity contribution in [1.29, 1.82) is 0 Å². The first-order chi connectivity index (χ1) is 12.5. The zero-order valence-corrected chi connectivity index (χ0v) is 15.1. The average Bonchev–Trinajstić information content (AvgIpc) is 2.66. The number of carbonyl (C=O) groups is 1. The highest BCUT2D eigenvalue weighted by Gasteiger charge is 2.12. The summed E-state index contributed by atoms with van der Waals surface area (Å²) in [5, 5.41) is 3.67. The average molecular weight is 352 g/mol. The molecule has 2 aromatic carbocycles. The van der Waals surface area contributed by atoms with Gasteiger partial charge in [0.2, 0.25) is 0 Å². The highest BCUT2D eigenvalue weighted by molar-refractivity contribution is 5.92. The number of fused-ring (bicyclic) bond motifs is 1. The maximum atomic E-state index is 11.4. The first kappa shape index (κ1) is 17.5. The van der Waals surface area contributed by atoms with Crippen molar-refractivity contribution < 1.29 is 19.0 Å². The molecule has 0 spiro atoms. The van der Waals surface area contributed by atoms with Crippen molar-refractivity contribution in [2.75, 3.05) is 26.6 Å². The van der Waals surface area contributed by atoms with Crippen molar-refractivity contribution >= 4 is 22.7 Å². The normalized spacial score (nSPS) is 10.5. The lowest BCUT2D eigenvalue weighted by molar-refractivity contribution is 0.187. The molecular weight excluding hydrogens is 332 g/mol. The predicted octanol–water partition coefficient (Wildman–Crippen LogP) is 4.41. The van der Waals surface area contributed by atoms with Crippen LogP contribution in [0.3, 0.4) is 0 Å². The second-order valence-corrected chi connectivity index (χ2v) is 5.74. The van der Waals surface area contributed by atoms with Gasteiger partial charge in [0, 0.05) is 22.7 Å². The Morgan fingerprint density at radius 1 is 1.00 bits per heavy atom. The standard InChI is InChI=1S/C20H20N2O4/c1-12-9-17(16-8-6-14(24-2)11-19(16)25-3)22-18-10-13(5-7-15(12)18)21-20(23)26-4/h5-11H,1-4H3,(H,21,23). The Hall–Kier alpha value is -3.28. The number of aryl methyl sites for hydroxylation is 1. The molecule has 0 atom stereocenters. The van der Waals surface area contributed by atoms with Crippen LogP contribution in [0.5, 0.6) is 11.5 Å². The van der Waals surface area contributed by atoms with E-state index in [0.717, 1.165) is 27.7 Å². The number of pyridine rings is 1. The third kappa shape index (κ3) is 3.39. The summed E-state index contributed by atoms with van der Waals surface area (Å²) in [5.41, 5.74) is 4.11. The topological polar surface area (TPSA) is 69.7 Å². The summed E-state index contributed by atoms with van der Waals surface area (Å²) in [7, 11) is 4.56. The number of aromatic nitrogens is 1. The lowest BCUT2D eigenvalue weighted by Gasteiger charge is -2.12. The smallest absolute Gasteiger partial charge is 0.411 e. The Bertz CT molecular complexity index is 969. The second kappa shape index (κ2) is 7.31. The molecule has 0 unspecified atom stereocenters. The van der Waals surface area contributed by atoms with E-state index >= 15 is 0 Å². The molecule has 1 heterocycles. The van der Waals surface area contributed by atoms with Crippen LogP contribution in [0, 0.1) is 6.92 Å². The minimum absolute atomic E-state index is 0.519. The van der Waals surface area contributed by atoms with Crippen LogP contribution in [0.4, 0.5) is 10.5 Å². The third-order valence-electron chi connectivity index (χ3n) is 4.13. The van der Waals surface area contributed by atoms with Gasteiger partial charge in [-0.25, -0.2) is 9.78 Å². The van der Waals surface area contributed by atoms with Gasteiger partial charge >= 0.3 is 6.09 Å². The summed E-state index contributed by atoms with van der Waals surface area (Å²) in [6, 6.07) is 13.2. The second-order valence-electron chi connectivity index (χ2n) is 5.74. The number of nitrogens with zero attached hydrogens (tertiary/aromatic N) is 1. The molecule has 0 aliphatic carbocycles. The molecule has 1 amide bonds. The number of anilines is 1. The van der Waals surface area contributed by atoms with E-state index in [-0.39, 0.29) is 0 Å². The monoisotopic (exact) mass is 352 g/mol. The zero-order valence-electron chi connectivity index (χ0n) is 15.1. The fourth-order valence-electron chi connectivity index (χ4n) is 2.80. The van der Waals surface area contributed by atoms with Gasteiger partial charge in [0.1, 0.15) is 11.5 Å². The lowest BCUT2D eigenvalue weighted by Crippen LogP contribution is -2.10. The van der Waals surface area contributed by atoms with Gasteiger partial charge in [0.15, 0.2) is 0 Å². The van der Waals surface area contributed by atoms with Crippen LogP contribution in [0.25, 0.3) is 22.2 Å². The molecule has 134 valence electrons. The molecule has 3 aromatic rings. The molecule has 0 fully saturated rings. The molecule has 0 saturated heterocycles. The summed E-state index contributed by atoms with van der Waals surface area (Å²) in [4.78, 5) is 16.2. The van der Waals surface area contributed by atoms with Gasteiger partial charge in [-0.15, -0.1) is 0 Å². The molecule has 0 radical (unpaired) electrons. The summed E-state index contributed by atoms with van der Waals surface area (Å²) in [5.74, 6) is 1.40. The molecule has 1 aromatic heterocycles. The number of hydrogen-bond donors (Lipinski definition) is 1. The number of benzene rings is 2. The van der Waals surface area contributed by atoms with Gasteiger partial charge in [-0.3, -0.25) is 5.32 Å². The summed E-state index contributed by atoms with van der Waals surface area (Å²) >= 11 is 0. The minimum Gasteiger partial charge on any atom is -0.497 e. The first-order valence-electron chi connectivity index (χ1n) is 8.04. The summed E-state index contributed by atoms with van der Waals surface area (Å²) in [6.07, 6.45) is -0.519. The van der Waals surface area contributed by atoms with Crippen LogP contribution in [0.2, 0.25) is 0 Å². The predicted molar refractivity (Wildman–Crippen MR) is 101 cm³/mol. The number of hydrogen-bond acceptors (Lipinski definition) is 5. The lowest BCUT2D eigenvalue weighted by atomic mass is 10.0. The van der Waals surface area contributed by atoms with Crippen molar-refractivity contribution in [2.24, 2.45) is 0 Å². The highest BCUT2D eigenvalue weighted by atomic mass is 16.5. The Kier molecular flexibility index (Phi) is 4.93. The van der Waals surface area contributed by atoms with Crippen LogP contribution in [-0.4, -0.2) is 32.4 Å². The van der Waals surface area contributed by atoms with Crippen molar-refractivity contribution in [3.05, 3.63) is 48.0 Å². The maximum absolute atomic E-state index is 11.4. The molecule has 0 bridgehead atoms.